The van der Waals surface area contributed by atoms with Gasteiger partial charge in [0.15, 0.2) is 11.5 Å². The molecule has 2 heterocycles. The van der Waals surface area contributed by atoms with E-state index in [1.54, 1.807) is 18.2 Å². The Morgan fingerprint density at radius 2 is 1.68 bits per heavy atom. The number of aliphatic hydroxyl groups excluding tert-OH is 1. The quantitative estimate of drug-likeness (QED) is 0.397. The van der Waals surface area contributed by atoms with Gasteiger partial charge in [0.2, 0.25) is 12.7 Å². The Bertz CT molecular complexity index is 1250. The molecule has 0 bridgehead atoms. The molecule has 3 aromatic rings. The summed E-state index contributed by atoms with van der Waals surface area (Å²) in [6.07, 6.45) is 0.405. The lowest BCUT2D eigenvalue weighted by Crippen LogP contribution is -2.51. The summed E-state index contributed by atoms with van der Waals surface area (Å²) in [6.45, 7) is 0.255. The van der Waals surface area contributed by atoms with Crippen LogP contribution in [0.15, 0.2) is 72.8 Å². The molecule has 2 amide bonds. The number of ether oxygens (including phenoxy) is 4. The minimum Gasteiger partial charge on any atom is -0.457 e. The fourth-order valence-electron chi connectivity index (χ4n) is 4.52. The normalized spacial score (nSPS) is 20.0. The van der Waals surface area contributed by atoms with Gasteiger partial charge in [0.1, 0.15) is 17.6 Å². The first-order valence-electron chi connectivity index (χ1n) is 12.6. The molecule has 0 saturated carbocycles. The van der Waals surface area contributed by atoms with Crippen LogP contribution in [-0.2, 0) is 16.1 Å². The first-order valence-corrected chi connectivity index (χ1v) is 12.6. The Balaban J connectivity index is 1.07. The fourth-order valence-corrected chi connectivity index (χ4v) is 4.52. The van der Waals surface area contributed by atoms with E-state index < -0.39 is 6.10 Å². The van der Waals surface area contributed by atoms with Gasteiger partial charge in [-0.05, 0) is 60.9 Å². The van der Waals surface area contributed by atoms with Gasteiger partial charge in [-0.3, -0.25) is 9.59 Å². The van der Waals surface area contributed by atoms with Gasteiger partial charge in [-0.1, -0.05) is 30.3 Å². The zero-order valence-electron chi connectivity index (χ0n) is 20.8. The molecule has 3 atom stereocenters. The lowest BCUT2D eigenvalue weighted by molar-refractivity contribution is -0.131. The van der Waals surface area contributed by atoms with Crippen LogP contribution in [0, 0.1) is 0 Å². The molecule has 0 unspecified atom stereocenters. The Morgan fingerprint density at radius 3 is 2.47 bits per heavy atom. The molecule has 2 aliphatic rings. The Labute approximate surface area is 220 Å². The second-order valence-corrected chi connectivity index (χ2v) is 9.24. The number of carbonyl (C=O) groups excluding carboxylic acids is 2. The van der Waals surface area contributed by atoms with Crippen LogP contribution in [0.5, 0.6) is 23.0 Å². The third-order valence-electron chi connectivity index (χ3n) is 6.55. The van der Waals surface area contributed by atoms with Gasteiger partial charge in [0.05, 0.1) is 25.2 Å². The van der Waals surface area contributed by atoms with Crippen molar-refractivity contribution in [1.29, 1.82) is 0 Å². The van der Waals surface area contributed by atoms with Crippen LogP contribution in [0.2, 0.25) is 0 Å². The van der Waals surface area contributed by atoms with Crippen molar-refractivity contribution in [3.63, 3.8) is 0 Å². The molecule has 1 saturated heterocycles. The van der Waals surface area contributed by atoms with Crippen LogP contribution in [0.3, 0.4) is 0 Å². The van der Waals surface area contributed by atoms with Crippen LogP contribution in [0.1, 0.15) is 35.2 Å². The minimum absolute atomic E-state index is 0.133. The summed E-state index contributed by atoms with van der Waals surface area (Å²) in [5, 5.41) is 15.7. The van der Waals surface area contributed by atoms with E-state index in [-0.39, 0.29) is 43.8 Å². The lowest BCUT2D eigenvalue weighted by atomic mass is 9.96. The van der Waals surface area contributed by atoms with Crippen molar-refractivity contribution < 1.29 is 33.6 Å². The smallest absolute Gasteiger partial charge is 0.251 e. The summed E-state index contributed by atoms with van der Waals surface area (Å²) in [6, 6.07) is 21.7. The molecule has 2 aliphatic heterocycles. The molecule has 38 heavy (non-hydrogen) atoms. The first-order chi connectivity index (χ1) is 18.6. The molecule has 198 valence electrons. The van der Waals surface area contributed by atoms with Crippen molar-refractivity contribution in [1.82, 2.24) is 10.6 Å². The lowest BCUT2D eigenvalue weighted by Gasteiger charge is -2.36. The van der Waals surface area contributed by atoms with Gasteiger partial charge < -0.3 is 34.7 Å². The number of rotatable bonds is 9. The second kappa shape index (κ2) is 12.0. The largest absolute Gasteiger partial charge is 0.457 e. The number of aliphatic hydroxyl groups is 1. The van der Waals surface area contributed by atoms with Crippen molar-refractivity contribution in [2.24, 2.45) is 0 Å². The third-order valence-corrected chi connectivity index (χ3v) is 6.55. The standard InChI is InChI=1S/C29H30N2O7/c32-17-27-24(31-29(34)20-8-13-25-26(14-20)36-18-35-25)12-11-23(38-27)15-28(33)30-16-19-6-9-22(10-7-19)37-21-4-2-1-3-5-21/h1-10,13-14,23-24,27,32H,11-12,15-18H2,(H,30,33)(H,31,34)/t23-,24-,27-/m1/s1. The van der Waals surface area contributed by atoms with Crippen molar-refractivity contribution in [2.45, 2.75) is 44.1 Å². The average Bonchev–Trinajstić information content (AvgIpc) is 3.42. The highest BCUT2D eigenvalue weighted by Crippen LogP contribution is 2.32. The topological polar surface area (TPSA) is 115 Å². The molecular weight excluding hydrogens is 488 g/mol. The summed E-state index contributed by atoms with van der Waals surface area (Å²) in [7, 11) is 0. The van der Waals surface area contributed by atoms with Crippen LogP contribution in [0.4, 0.5) is 0 Å². The maximum absolute atomic E-state index is 12.7. The van der Waals surface area contributed by atoms with E-state index in [1.807, 2.05) is 54.6 Å². The Morgan fingerprint density at radius 1 is 0.921 bits per heavy atom. The Kier molecular flexibility index (Phi) is 8.06. The van der Waals surface area contributed by atoms with E-state index in [0.717, 1.165) is 17.1 Å². The van der Waals surface area contributed by atoms with E-state index >= 15 is 0 Å². The van der Waals surface area contributed by atoms with Gasteiger partial charge in [-0.2, -0.15) is 0 Å². The predicted octanol–water partition coefficient (Wildman–Crippen LogP) is 3.55. The van der Waals surface area contributed by atoms with Crippen molar-refractivity contribution in [3.8, 4) is 23.0 Å². The summed E-state index contributed by atoms with van der Waals surface area (Å²) in [5.74, 6) is 2.18. The van der Waals surface area contributed by atoms with Gasteiger partial charge in [0.25, 0.3) is 5.91 Å². The molecule has 9 nitrogen and oxygen atoms in total. The molecule has 0 aliphatic carbocycles. The number of para-hydroxylation sites is 1. The average molecular weight is 519 g/mol. The number of amides is 2. The number of nitrogens with one attached hydrogen (secondary N) is 2. The number of hydrogen-bond donors (Lipinski definition) is 3. The van der Waals surface area contributed by atoms with Crippen LogP contribution >= 0.6 is 0 Å². The molecule has 1 fully saturated rings. The number of carbonyl (C=O) groups is 2. The van der Waals surface area contributed by atoms with Gasteiger partial charge in [-0.25, -0.2) is 0 Å². The van der Waals surface area contributed by atoms with E-state index in [9.17, 15) is 14.7 Å². The maximum atomic E-state index is 12.7. The maximum Gasteiger partial charge on any atom is 0.251 e. The second-order valence-electron chi connectivity index (χ2n) is 9.24. The molecule has 0 radical (unpaired) electrons. The molecule has 5 rings (SSSR count). The molecule has 0 spiro atoms. The number of fused-ring (bicyclic) bond motifs is 1. The first kappa shape index (κ1) is 25.6. The van der Waals surface area contributed by atoms with Gasteiger partial charge in [0, 0.05) is 12.1 Å². The zero-order valence-corrected chi connectivity index (χ0v) is 20.8. The monoisotopic (exact) mass is 518 g/mol. The van der Waals surface area contributed by atoms with Crippen LogP contribution in [0.25, 0.3) is 0 Å². The van der Waals surface area contributed by atoms with E-state index in [2.05, 4.69) is 10.6 Å². The highest BCUT2D eigenvalue weighted by atomic mass is 16.7. The fraction of sp³-hybridized carbons (Fsp3) is 0.310. The van der Waals surface area contributed by atoms with Crippen LogP contribution in [-0.4, -0.2) is 48.6 Å². The summed E-state index contributed by atoms with van der Waals surface area (Å²) in [5.41, 5.74) is 1.38. The predicted molar refractivity (Wildman–Crippen MR) is 138 cm³/mol. The molecule has 9 heteroatoms. The van der Waals surface area contributed by atoms with Crippen molar-refractivity contribution >= 4 is 11.8 Å². The Hall–Kier alpha value is -4.08. The third kappa shape index (κ3) is 6.42. The summed E-state index contributed by atoms with van der Waals surface area (Å²) < 4.78 is 22.4. The number of hydrogen-bond acceptors (Lipinski definition) is 7. The van der Waals surface area contributed by atoms with Crippen molar-refractivity contribution in [2.75, 3.05) is 13.4 Å². The molecule has 3 N–H and O–H groups in total. The van der Waals surface area contributed by atoms with Crippen molar-refractivity contribution in [3.05, 3.63) is 83.9 Å². The van der Waals surface area contributed by atoms with Gasteiger partial charge in [-0.15, -0.1) is 0 Å². The molecule has 0 aromatic heterocycles. The highest BCUT2D eigenvalue weighted by Gasteiger charge is 2.33. The van der Waals surface area contributed by atoms with E-state index in [0.29, 0.717) is 36.4 Å². The van der Waals surface area contributed by atoms with E-state index in [1.165, 1.54) is 0 Å². The SMILES string of the molecule is O=C(C[C@H]1CC[C@@H](NC(=O)c2ccc3c(c2)OCO3)[C@@H](CO)O1)NCc1ccc(Oc2ccccc2)cc1. The van der Waals surface area contributed by atoms with E-state index in [4.69, 9.17) is 18.9 Å². The molecule has 3 aromatic carbocycles. The minimum atomic E-state index is -0.600. The van der Waals surface area contributed by atoms with Crippen LogP contribution < -0.4 is 24.8 Å². The number of benzene rings is 3. The van der Waals surface area contributed by atoms with Gasteiger partial charge >= 0.3 is 0 Å². The highest BCUT2D eigenvalue weighted by molar-refractivity contribution is 5.95. The summed E-state index contributed by atoms with van der Waals surface area (Å²) in [4.78, 5) is 25.3. The summed E-state index contributed by atoms with van der Waals surface area (Å²) >= 11 is 0. The zero-order chi connectivity index (χ0) is 26.3. The molecular formula is C29H30N2O7.